The number of aromatic nitrogens is 3. The molecular weight excluding hydrogens is 292 g/mol. The van der Waals surface area contributed by atoms with E-state index >= 15 is 0 Å². The Kier molecular flexibility index (Phi) is 3.71. The first kappa shape index (κ1) is 13.1. The molecule has 2 aromatic heterocycles. The standard InChI is InChI=1S/C13H17BrN4/c1-4-10-13(15)11(5-2)18(17-10)12-7-6-9(14)8(3)16-12/h6-7H,4-5,15H2,1-3H3. The van der Waals surface area contributed by atoms with Gasteiger partial charge >= 0.3 is 0 Å². The highest BCUT2D eigenvalue weighted by Gasteiger charge is 2.14. The van der Waals surface area contributed by atoms with Gasteiger partial charge in [-0.2, -0.15) is 5.10 Å². The quantitative estimate of drug-likeness (QED) is 0.948. The molecule has 2 N–H and O–H groups in total. The van der Waals surface area contributed by atoms with E-state index in [4.69, 9.17) is 5.73 Å². The number of nitrogen functional groups attached to an aromatic ring is 1. The average Bonchev–Trinajstić information content (AvgIpc) is 2.69. The summed E-state index contributed by atoms with van der Waals surface area (Å²) in [5, 5.41) is 4.55. The number of pyridine rings is 1. The molecule has 0 saturated carbocycles. The number of nitrogens with two attached hydrogens (primary N) is 1. The van der Waals surface area contributed by atoms with Crippen molar-refractivity contribution in [2.45, 2.75) is 33.6 Å². The van der Waals surface area contributed by atoms with Gasteiger partial charge in [-0.1, -0.05) is 13.8 Å². The smallest absolute Gasteiger partial charge is 0.154 e. The van der Waals surface area contributed by atoms with E-state index < -0.39 is 0 Å². The molecule has 0 atom stereocenters. The lowest BCUT2D eigenvalue weighted by Gasteiger charge is -2.07. The molecule has 0 saturated heterocycles. The van der Waals surface area contributed by atoms with Crippen molar-refractivity contribution in [2.24, 2.45) is 0 Å². The second-order valence-electron chi connectivity index (χ2n) is 4.16. The van der Waals surface area contributed by atoms with Gasteiger partial charge in [-0.3, -0.25) is 0 Å². The van der Waals surface area contributed by atoms with Crippen molar-refractivity contribution < 1.29 is 0 Å². The topological polar surface area (TPSA) is 56.7 Å². The molecule has 0 bridgehead atoms. The molecule has 0 aliphatic rings. The minimum Gasteiger partial charge on any atom is -0.396 e. The average molecular weight is 309 g/mol. The third-order valence-electron chi connectivity index (χ3n) is 2.99. The molecule has 0 unspecified atom stereocenters. The number of hydrogen-bond donors (Lipinski definition) is 1. The molecule has 4 nitrogen and oxygen atoms in total. The summed E-state index contributed by atoms with van der Waals surface area (Å²) in [5.41, 5.74) is 9.82. The highest BCUT2D eigenvalue weighted by Crippen LogP contribution is 2.23. The van der Waals surface area contributed by atoms with Crippen molar-refractivity contribution in [3.05, 3.63) is 33.7 Å². The minimum absolute atomic E-state index is 0.794. The lowest BCUT2D eigenvalue weighted by atomic mass is 10.2. The van der Waals surface area contributed by atoms with Crippen LogP contribution in [-0.2, 0) is 12.8 Å². The van der Waals surface area contributed by atoms with E-state index in [1.165, 1.54) is 0 Å². The summed E-state index contributed by atoms with van der Waals surface area (Å²) in [4.78, 5) is 4.54. The third-order valence-corrected chi connectivity index (χ3v) is 3.83. The predicted octanol–water partition coefficient (Wildman–Crippen LogP) is 3.05. The lowest BCUT2D eigenvalue weighted by Crippen LogP contribution is -2.05. The second-order valence-corrected chi connectivity index (χ2v) is 5.02. The largest absolute Gasteiger partial charge is 0.396 e. The fourth-order valence-corrected chi connectivity index (χ4v) is 2.18. The molecular formula is C13H17BrN4. The van der Waals surface area contributed by atoms with Crippen LogP contribution in [0.25, 0.3) is 5.82 Å². The summed E-state index contributed by atoms with van der Waals surface area (Å²) in [5.74, 6) is 0.818. The summed E-state index contributed by atoms with van der Waals surface area (Å²) in [7, 11) is 0. The first-order chi connectivity index (χ1) is 8.58. The van der Waals surface area contributed by atoms with Gasteiger partial charge in [0.2, 0.25) is 0 Å². The van der Waals surface area contributed by atoms with Gasteiger partial charge in [0.1, 0.15) is 0 Å². The SMILES string of the molecule is CCc1nn(-c2ccc(Br)c(C)n2)c(CC)c1N. The second kappa shape index (κ2) is 5.10. The van der Waals surface area contributed by atoms with Crippen molar-refractivity contribution in [3.63, 3.8) is 0 Å². The van der Waals surface area contributed by atoms with Crippen LogP contribution < -0.4 is 5.73 Å². The van der Waals surface area contributed by atoms with Crippen LogP contribution in [0, 0.1) is 6.92 Å². The predicted molar refractivity (Wildman–Crippen MR) is 77.0 cm³/mol. The van der Waals surface area contributed by atoms with Crippen molar-refractivity contribution in [3.8, 4) is 5.82 Å². The Morgan fingerprint density at radius 1 is 1.28 bits per heavy atom. The fraction of sp³-hybridized carbons (Fsp3) is 0.385. The van der Waals surface area contributed by atoms with Crippen molar-refractivity contribution in [2.75, 3.05) is 5.73 Å². The maximum atomic E-state index is 6.11. The van der Waals surface area contributed by atoms with Crippen LogP contribution in [0.1, 0.15) is 30.9 Å². The Labute approximate surface area is 115 Å². The van der Waals surface area contributed by atoms with Crippen LogP contribution in [0.5, 0.6) is 0 Å². The van der Waals surface area contributed by atoms with Gasteiger partial charge in [0.25, 0.3) is 0 Å². The van der Waals surface area contributed by atoms with Gasteiger partial charge in [0, 0.05) is 4.47 Å². The maximum absolute atomic E-state index is 6.11. The highest BCUT2D eigenvalue weighted by atomic mass is 79.9. The van der Waals surface area contributed by atoms with Crippen LogP contribution in [-0.4, -0.2) is 14.8 Å². The lowest BCUT2D eigenvalue weighted by molar-refractivity contribution is 0.768. The van der Waals surface area contributed by atoms with E-state index in [0.29, 0.717) is 0 Å². The first-order valence-corrected chi connectivity index (χ1v) is 6.87. The molecule has 0 aliphatic carbocycles. The van der Waals surface area contributed by atoms with E-state index in [2.05, 4.69) is 39.9 Å². The van der Waals surface area contributed by atoms with E-state index in [1.807, 2.05) is 23.7 Å². The van der Waals surface area contributed by atoms with Crippen LogP contribution in [0.3, 0.4) is 0 Å². The molecule has 0 fully saturated rings. The molecule has 18 heavy (non-hydrogen) atoms. The van der Waals surface area contributed by atoms with E-state index in [1.54, 1.807) is 0 Å². The zero-order valence-corrected chi connectivity index (χ0v) is 12.5. The van der Waals surface area contributed by atoms with Crippen molar-refractivity contribution in [1.82, 2.24) is 14.8 Å². The Morgan fingerprint density at radius 2 is 2.00 bits per heavy atom. The molecule has 0 amide bonds. The summed E-state index contributed by atoms with van der Waals surface area (Å²) in [6, 6.07) is 3.93. The maximum Gasteiger partial charge on any atom is 0.154 e. The van der Waals surface area contributed by atoms with Crippen LogP contribution in [0.2, 0.25) is 0 Å². The van der Waals surface area contributed by atoms with E-state index in [9.17, 15) is 0 Å². The molecule has 2 aromatic rings. The van der Waals surface area contributed by atoms with Crippen LogP contribution >= 0.6 is 15.9 Å². The summed E-state index contributed by atoms with van der Waals surface area (Å²) < 4.78 is 2.85. The third kappa shape index (κ3) is 2.14. The van der Waals surface area contributed by atoms with Gasteiger partial charge in [-0.15, -0.1) is 0 Å². The first-order valence-electron chi connectivity index (χ1n) is 6.08. The normalized spacial score (nSPS) is 10.9. The number of aryl methyl sites for hydroxylation is 2. The van der Waals surface area contributed by atoms with E-state index in [0.717, 1.165) is 45.9 Å². The van der Waals surface area contributed by atoms with E-state index in [-0.39, 0.29) is 0 Å². The van der Waals surface area contributed by atoms with Crippen LogP contribution in [0.4, 0.5) is 5.69 Å². The summed E-state index contributed by atoms with van der Waals surface area (Å²) in [6.45, 7) is 6.10. The molecule has 0 aliphatic heterocycles. The Balaban J connectivity index is 2.59. The summed E-state index contributed by atoms with van der Waals surface area (Å²) >= 11 is 3.45. The van der Waals surface area contributed by atoms with Gasteiger partial charge in [0.05, 0.1) is 22.8 Å². The molecule has 2 heterocycles. The van der Waals surface area contributed by atoms with Gasteiger partial charge in [-0.05, 0) is 47.8 Å². The number of halogens is 1. The molecule has 0 radical (unpaired) electrons. The van der Waals surface area contributed by atoms with Crippen LogP contribution in [0.15, 0.2) is 16.6 Å². The number of nitrogens with zero attached hydrogens (tertiary/aromatic N) is 3. The highest BCUT2D eigenvalue weighted by molar-refractivity contribution is 9.10. The molecule has 0 spiro atoms. The number of rotatable bonds is 3. The monoisotopic (exact) mass is 308 g/mol. The van der Waals surface area contributed by atoms with Crippen molar-refractivity contribution >= 4 is 21.6 Å². The van der Waals surface area contributed by atoms with Gasteiger partial charge in [0.15, 0.2) is 5.82 Å². The van der Waals surface area contributed by atoms with Gasteiger partial charge < -0.3 is 5.73 Å². The molecule has 5 heteroatoms. The molecule has 0 aromatic carbocycles. The zero-order chi connectivity index (χ0) is 13.3. The Morgan fingerprint density at radius 3 is 2.56 bits per heavy atom. The zero-order valence-electron chi connectivity index (χ0n) is 10.9. The molecule has 2 rings (SSSR count). The fourth-order valence-electron chi connectivity index (χ4n) is 1.96. The summed E-state index contributed by atoms with van der Waals surface area (Å²) in [6.07, 6.45) is 1.68. The Hall–Kier alpha value is -1.36. The number of anilines is 1. The van der Waals surface area contributed by atoms with Gasteiger partial charge in [-0.25, -0.2) is 9.67 Å². The Bertz CT molecular complexity index is 575. The minimum atomic E-state index is 0.794. The van der Waals surface area contributed by atoms with Crippen molar-refractivity contribution in [1.29, 1.82) is 0 Å². The number of hydrogen-bond acceptors (Lipinski definition) is 3. The molecule has 96 valence electrons.